The molecule has 1 aliphatic heterocycles. The van der Waals surface area contributed by atoms with E-state index in [4.69, 9.17) is 13.6 Å². The van der Waals surface area contributed by atoms with Crippen LogP contribution in [0.4, 0.5) is 0 Å². The van der Waals surface area contributed by atoms with E-state index in [-0.39, 0.29) is 42.0 Å². The number of carboxylic acids is 1. The zero-order valence-corrected chi connectivity index (χ0v) is 18.2. The van der Waals surface area contributed by atoms with E-state index in [1.165, 1.54) is 0 Å². The summed E-state index contributed by atoms with van der Waals surface area (Å²) in [6.45, 7) is 1.82. The van der Waals surface area contributed by atoms with Gasteiger partial charge in [0.2, 0.25) is 0 Å². The maximum atomic E-state index is 11.4. The topological polar surface area (TPSA) is 157 Å². The van der Waals surface area contributed by atoms with Crippen LogP contribution in [0.5, 0.6) is 5.75 Å². The summed E-state index contributed by atoms with van der Waals surface area (Å²) in [6, 6.07) is 1.49. The summed E-state index contributed by atoms with van der Waals surface area (Å²) in [5.74, 6) is -2.07. The molecule has 3 fully saturated rings. The highest BCUT2D eigenvalue weighted by molar-refractivity contribution is 5.73. The number of fused-ring (bicyclic) bond motifs is 5. The van der Waals surface area contributed by atoms with Gasteiger partial charge in [-0.3, -0.25) is 0 Å². The molecule has 9 heteroatoms. The third kappa shape index (κ3) is 3.57. The standard InChI is InChI=1S/C24H32O9/c1-24-7-6-13-12-5-3-11(25)8-10(12)2-4-14(13)15(24)9-16(21(24)29)32-23-19(28)17(26)18(27)20(33-23)22(30)31/h3,5,8,13-21,23,25-29H,2,4,6-7,9H2,1H3,(H,30,31)/t13-,14-,15+,16-,17+,18+,19-,20+,21?,23-,24+/m1/s1/i3D,8D,21D. The molecular formula is C24H32O9. The number of benzene rings is 1. The van der Waals surface area contributed by atoms with Crippen molar-refractivity contribution in [1.29, 1.82) is 0 Å². The molecule has 1 aromatic carbocycles. The molecule has 1 saturated heterocycles. The van der Waals surface area contributed by atoms with Crippen LogP contribution in [-0.4, -0.2) is 79.5 Å². The van der Waals surface area contributed by atoms with Crippen molar-refractivity contribution in [2.45, 2.75) is 87.8 Å². The summed E-state index contributed by atoms with van der Waals surface area (Å²) in [5, 5.41) is 61.2. The van der Waals surface area contributed by atoms with Crippen LogP contribution >= 0.6 is 0 Å². The van der Waals surface area contributed by atoms with Crippen LogP contribution in [0.25, 0.3) is 0 Å². The van der Waals surface area contributed by atoms with E-state index in [2.05, 4.69) is 0 Å². The third-order valence-corrected chi connectivity index (χ3v) is 8.41. The van der Waals surface area contributed by atoms with E-state index in [9.17, 15) is 35.4 Å². The van der Waals surface area contributed by atoms with Gasteiger partial charge >= 0.3 is 5.97 Å². The second kappa shape index (κ2) is 8.18. The molecule has 182 valence electrons. The minimum absolute atomic E-state index is 0.0138. The second-order valence-electron chi connectivity index (χ2n) is 10.0. The smallest absolute Gasteiger partial charge is 0.335 e. The molecule has 3 aliphatic carbocycles. The molecule has 11 atom stereocenters. The fourth-order valence-corrected chi connectivity index (χ4v) is 6.64. The zero-order valence-electron chi connectivity index (χ0n) is 21.2. The molecule has 0 amide bonds. The molecule has 0 bridgehead atoms. The molecule has 6 N–H and O–H groups in total. The number of ether oxygens (including phenoxy) is 2. The summed E-state index contributed by atoms with van der Waals surface area (Å²) in [7, 11) is 0. The van der Waals surface area contributed by atoms with Crippen molar-refractivity contribution in [3.63, 3.8) is 0 Å². The summed E-state index contributed by atoms with van der Waals surface area (Å²) in [6.07, 6.45) is -9.83. The van der Waals surface area contributed by atoms with Crippen molar-refractivity contribution >= 4 is 5.97 Å². The lowest BCUT2D eigenvalue weighted by atomic mass is 9.55. The number of hydrogen-bond donors (Lipinski definition) is 6. The van der Waals surface area contributed by atoms with E-state index in [0.717, 1.165) is 11.1 Å². The van der Waals surface area contributed by atoms with E-state index in [0.29, 0.717) is 25.7 Å². The minimum Gasteiger partial charge on any atom is -0.508 e. The number of rotatable bonds is 3. The Balaban J connectivity index is 1.42. The van der Waals surface area contributed by atoms with Gasteiger partial charge < -0.3 is 40.1 Å². The lowest BCUT2D eigenvalue weighted by Gasteiger charge is -2.49. The summed E-state index contributed by atoms with van der Waals surface area (Å²) in [5.41, 5.74) is 0.683. The minimum atomic E-state index is -2.11. The van der Waals surface area contributed by atoms with Crippen LogP contribution in [0.15, 0.2) is 18.2 Å². The molecule has 33 heavy (non-hydrogen) atoms. The monoisotopic (exact) mass is 467 g/mol. The van der Waals surface area contributed by atoms with Crippen LogP contribution in [0.3, 0.4) is 0 Å². The van der Waals surface area contributed by atoms with E-state index >= 15 is 0 Å². The van der Waals surface area contributed by atoms with Gasteiger partial charge in [-0.15, -0.1) is 0 Å². The number of aliphatic hydroxyl groups is 4. The Morgan fingerprint density at radius 1 is 1.24 bits per heavy atom. The van der Waals surface area contributed by atoms with Gasteiger partial charge in [-0.25, -0.2) is 4.79 Å². The third-order valence-electron chi connectivity index (χ3n) is 8.41. The summed E-state index contributed by atoms with van der Waals surface area (Å²) >= 11 is 0. The van der Waals surface area contributed by atoms with Gasteiger partial charge in [0.1, 0.15) is 24.1 Å². The number of phenolic OH excluding ortho intramolecular Hbond substituents is 1. The number of aliphatic carboxylic acids is 1. The quantitative estimate of drug-likeness (QED) is 0.372. The van der Waals surface area contributed by atoms with Crippen LogP contribution in [0.1, 0.15) is 53.8 Å². The molecule has 1 aromatic rings. The highest BCUT2D eigenvalue weighted by Gasteiger charge is 2.59. The number of hydrogen-bond acceptors (Lipinski definition) is 8. The van der Waals surface area contributed by atoms with E-state index in [1.807, 2.05) is 6.92 Å². The van der Waals surface area contributed by atoms with Gasteiger partial charge in [-0.2, -0.15) is 0 Å². The molecule has 9 nitrogen and oxygen atoms in total. The number of aliphatic hydroxyl groups excluding tert-OH is 3. The van der Waals surface area contributed by atoms with Crippen molar-refractivity contribution in [2.24, 2.45) is 17.3 Å². The van der Waals surface area contributed by atoms with Gasteiger partial charge in [0, 0.05) is 0 Å². The first-order valence-electron chi connectivity index (χ1n) is 12.9. The van der Waals surface area contributed by atoms with Gasteiger partial charge in [0.05, 0.1) is 16.3 Å². The molecule has 0 aromatic heterocycles. The Morgan fingerprint density at radius 2 is 2.00 bits per heavy atom. The van der Waals surface area contributed by atoms with Gasteiger partial charge in [-0.05, 0) is 78.5 Å². The van der Waals surface area contributed by atoms with Crippen LogP contribution in [0.2, 0.25) is 0 Å². The Bertz CT molecular complexity index is 1070. The average Bonchev–Trinajstić information content (AvgIpc) is 3.02. The molecule has 0 spiro atoms. The Labute approximate surface area is 195 Å². The number of carbonyl (C=O) groups is 1. The molecular weight excluding hydrogens is 432 g/mol. The Kier molecular flexibility index (Phi) is 4.84. The predicted molar refractivity (Wildman–Crippen MR) is 113 cm³/mol. The van der Waals surface area contributed by atoms with Crippen LogP contribution < -0.4 is 0 Å². The highest BCUT2D eigenvalue weighted by atomic mass is 16.7. The normalized spacial score (nSPS) is 50.3. The zero-order chi connectivity index (χ0) is 26.3. The largest absolute Gasteiger partial charge is 0.508 e. The Hall–Kier alpha value is -1.75. The molecule has 1 unspecified atom stereocenters. The predicted octanol–water partition coefficient (Wildman–Crippen LogP) is 0.496. The fraction of sp³-hybridized carbons (Fsp3) is 0.708. The maximum Gasteiger partial charge on any atom is 0.335 e. The van der Waals surface area contributed by atoms with Gasteiger partial charge in [0.25, 0.3) is 0 Å². The SMILES string of the molecule is [2H]c1cc2c(c([2H])c1O)CC[C@@H]1[C@@H]2CC[C@@]2(C)[C@H]1C[C@@H](O[C@@H]1O[C@H](C(=O)O)[C@@H](O)[C@H](O)[C@H]1O)C2([2H])O. The van der Waals surface area contributed by atoms with Crippen LogP contribution in [0, 0.1) is 17.3 Å². The first-order valence-corrected chi connectivity index (χ1v) is 11.4. The molecule has 5 rings (SSSR count). The number of phenols is 1. The summed E-state index contributed by atoms with van der Waals surface area (Å²) in [4.78, 5) is 11.4. The van der Waals surface area contributed by atoms with Crippen molar-refractivity contribution in [1.82, 2.24) is 0 Å². The van der Waals surface area contributed by atoms with E-state index in [1.54, 1.807) is 6.07 Å². The second-order valence-corrected chi connectivity index (χ2v) is 10.0. The summed E-state index contributed by atoms with van der Waals surface area (Å²) < 4.78 is 36.2. The molecule has 1 heterocycles. The van der Waals surface area contributed by atoms with Crippen LogP contribution in [-0.2, 0) is 20.7 Å². The average molecular weight is 468 g/mol. The molecule has 0 radical (unpaired) electrons. The number of carboxylic acid groups (broad SMARTS) is 1. The van der Waals surface area contributed by atoms with Crippen molar-refractivity contribution in [3.05, 3.63) is 29.3 Å². The number of aromatic hydroxyl groups is 1. The lowest BCUT2D eigenvalue weighted by Crippen LogP contribution is -2.61. The van der Waals surface area contributed by atoms with Gasteiger partial charge in [-0.1, -0.05) is 13.0 Å². The van der Waals surface area contributed by atoms with Crippen molar-refractivity contribution in [3.8, 4) is 5.75 Å². The maximum absolute atomic E-state index is 11.4. The van der Waals surface area contributed by atoms with E-state index < -0.39 is 54.3 Å². The first-order chi connectivity index (χ1) is 16.8. The lowest BCUT2D eigenvalue weighted by molar-refractivity contribution is -0.309. The highest BCUT2D eigenvalue weighted by Crippen LogP contribution is 2.61. The first kappa shape index (κ1) is 19.5. The van der Waals surface area contributed by atoms with Crippen molar-refractivity contribution < 1.29 is 49.0 Å². The van der Waals surface area contributed by atoms with Gasteiger partial charge in [0.15, 0.2) is 12.4 Å². The fourth-order valence-electron chi connectivity index (χ4n) is 6.64. The van der Waals surface area contributed by atoms with Crippen molar-refractivity contribution in [2.75, 3.05) is 0 Å². The Morgan fingerprint density at radius 3 is 2.73 bits per heavy atom. The molecule has 2 saturated carbocycles. The molecule has 4 aliphatic rings.